The highest BCUT2D eigenvalue weighted by Crippen LogP contribution is 2.24. The van der Waals surface area contributed by atoms with Crippen molar-refractivity contribution in [3.63, 3.8) is 0 Å². The van der Waals surface area contributed by atoms with Gasteiger partial charge in [0.25, 0.3) is 0 Å². The quantitative estimate of drug-likeness (QED) is 0.490. The summed E-state index contributed by atoms with van der Waals surface area (Å²) in [5.41, 5.74) is 8.27. The highest BCUT2D eigenvalue weighted by molar-refractivity contribution is 7.80. The highest BCUT2D eigenvalue weighted by atomic mass is 32.1. The molecule has 0 saturated carbocycles. The van der Waals surface area contributed by atoms with Crippen molar-refractivity contribution in [2.75, 3.05) is 0 Å². The van der Waals surface area contributed by atoms with Crippen molar-refractivity contribution in [3.05, 3.63) is 35.0 Å². The first kappa shape index (κ1) is 11.0. The number of halogens is 1. The van der Waals surface area contributed by atoms with Crippen LogP contribution >= 0.6 is 23.6 Å². The van der Waals surface area contributed by atoms with Crippen molar-refractivity contribution in [1.82, 2.24) is 5.43 Å². The summed E-state index contributed by atoms with van der Waals surface area (Å²) in [6, 6.07) is 5.02. The Labute approximate surface area is 101 Å². The summed E-state index contributed by atoms with van der Waals surface area (Å²) in [5.74, 6) is -0.254. The van der Waals surface area contributed by atoms with Gasteiger partial charge in [0.05, 0.1) is 6.21 Å². The van der Waals surface area contributed by atoms with Gasteiger partial charge in [-0.3, -0.25) is 5.43 Å². The molecule has 2 rings (SSSR count). The molecular formula is C10H8FN3S2. The number of benzene rings is 1. The molecule has 3 nitrogen and oxygen atoms in total. The van der Waals surface area contributed by atoms with Gasteiger partial charge in [0.15, 0.2) is 5.11 Å². The third-order valence-corrected chi connectivity index (χ3v) is 2.89. The summed E-state index contributed by atoms with van der Waals surface area (Å²) in [4.78, 5) is 0. The molecule has 3 N–H and O–H groups in total. The number of nitrogens with zero attached hydrogens (tertiary/aromatic N) is 1. The zero-order chi connectivity index (χ0) is 11.5. The topological polar surface area (TPSA) is 50.4 Å². The van der Waals surface area contributed by atoms with E-state index in [0.29, 0.717) is 10.9 Å². The number of hydrazone groups is 1. The summed E-state index contributed by atoms with van der Waals surface area (Å²) in [6.07, 6.45) is 1.47. The van der Waals surface area contributed by atoms with Crippen LogP contribution in [0.1, 0.15) is 5.56 Å². The summed E-state index contributed by atoms with van der Waals surface area (Å²) >= 11 is 6.06. The van der Waals surface area contributed by atoms with Crippen LogP contribution in [0, 0.1) is 5.82 Å². The number of nitrogens with one attached hydrogen (secondary N) is 1. The minimum Gasteiger partial charge on any atom is -0.375 e. The lowest BCUT2D eigenvalue weighted by Crippen LogP contribution is -2.23. The number of nitrogens with two attached hydrogens (primary N) is 1. The Morgan fingerprint density at radius 3 is 3.12 bits per heavy atom. The zero-order valence-electron chi connectivity index (χ0n) is 8.11. The molecular weight excluding hydrogens is 245 g/mol. The van der Waals surface area contributed by atoms with Crippen LogP contribution in [0.25, 0.3) is 10.1 Å². The predicted octanol–water partition coefficient (Wildman–Crippen LogP) is 2.21. The van der Waals surface area contributed by atoms with Gasteiger partial charge in [0.2, 0.25) is 0 Å². The lowest BCUT2D eigenvalue weighted by atomic mass is 10.2. The van der Waals surface area contributed by atoms with Gasteiger partial charge in [-0.15, -0.1) is 11.3 Å². The van der Waals surface area contributed by atoms with E-state index in [1.54, 1.807) is 6.07 Å². The average Bonchev–Trinajstić information content (AvgIpc) is 2.65. The molecule has 0 aliphatic carbocycles. The molecule has 1 heterocycles. The Kier molecular flexibility index (Phi) is 3.12. The molecule has 0 aliphatic rings. The molecule has 0 atom stereocenters. The Hall–Kier alpha value is -1.53. The van der Waals surface area contributed by atoms with E-state index in [1.807, 2.05) is 11.4 Å². The average molecular weight is 253 g/mol. The third-order valence-electron chi connectivity index (χ3n) is 1.93. The summed E-state index contributed by atoms with van der Waals surface area (Å²) in [5, 5.41) is 6.33. The number of hydrogen-bond acceptors (Lipinski definition) is 3. The summed E-state index contributed by atoms with van der Waals surface area (Å²) < 4.78 is 14.4. The third kappa shape index (κ3) is 2.34. The SMILES string of the molecule is NC(=S)NN=Cc1cc(F)c2ccsc2c1. The van der Waals surface area contributed by atoms with Crippen LogP contribution in [-0.4, -0.2) is 11.3 Å². The molecule has 0 radical (unpaired) electrons. The van der Waals surface area contributed by atoms with Gasteiger partial charge in [-0.2, -0.15) is 5.10 Å². The molecule has 2 aromatic rings. The first-order chi connectivity index (χ1) is 7.66. The molecule has 82 valence electrons. The molecule has 0 unspecified atom stereocenters. The molecule has 0 aliphatic heterocycles. The predicted molar refractivity (Wildman–Crippen MR) is 69.3 cm³/mol. The summed E-state index contributed by atoms with van der Waals surface area (Å²) in [7, 11) is 0. The first-order valence-electron chi connectivity index (χ1n) is 4.42. The standard InChI is InChI=1S/C10H8FN3S2/c11-8-3-6(5-13-14-10(12)15)4-9-7(8)1-2-16-9/h1-5H,(H3,12,14,15). The maximum Gasteiger partial charge on any atom is 0.184 e. The Morgan fingerprint density at radius 1 is 1.56 bits per heavy atom. The molecule has 1 aromatic carbocycles. The fourth-order valence-corrected chi connectivity index (χ4v) is 2.19. The molecule has 6 heteroatoms. The van der Waals surface area contributed by atoms with E-state index in [0.717, 1.165) is 4.70 Å². The van der Waals surface area contributed by atoms with Gasteiger partial charge in [0, 0.05) is 10.1 Å². The van der Waals surface area contributed by atoms with Gasteiger partial charge in [-0.25, -0.2) is 4.39 Å². The van der Waals surface area contributed by atoms with Gasteiger partial charge < -0.3 is 5.73 Å². The van der Waals surface area contributed by atoms with E-state index in [4.69, 9.17) is 5.73 Å². The van der Waals surface area contributed by atoms with Crippen molar-refractivity contribution < 1.29 is 4.39 Å². The van der Waals surface area contributed by atoms with Crippen molar-refractivity contribution >= 4 is 45.0 Å². The van der Waals surface area contributed by atoms with Crippen LogP contribution in [0.4, 0.5) is 4.39 Å². The molecule has 0 saturated heterocycles. The van der Waals surface area contributed by atoms with Crippen molar-refractivity contribution in [2.45, 2.75) is 0 Å². The molecule has 0 amide bonds. The molecule has 16 heavy (non-hydrogen) atoms. The second-order valence-corrected chi connectivity index (χ2v) is 4.46. The molecule has 1 aromatic heterocycles. The largest absolute Gasteiger partial charge is 0.375 e. The minimum atomic E-state index is -0.254. The van der Waals surface area contributed by atoms with Crippen LogP contribution < -0.4 is 11.2 Å². The van der Waals surface area contributed by atoms with E-state index >= 15 is 0 Å². The van der Waals surface area contributed by atoms with Crippen LogP contribution in [0.15, 0.2) is 28.7 Å². The maximum atomic E-state index is 13.5. The number of fused-ring (bicyclic) bond motifs is 1. The lowest BCUT2D eigenvalue weighted by molar-refractivity contribution is 0.640. The van der Waals surface area contributed by atoms with Gasteiger partial charge >= 0.3 is 0 Å². The monoisotopic (exact) mass is 253 g/mol. The van der Waals surface area contributed by atoms with Crippen molar-refractivity contribution in [3.8, 4) is 0 Å². The lowest BCUT2D eigenvalue weighted by Gasteiger charge is -1.97. The maximum absolute atomic E-state index is 13.5. The van der Waals surface area contributed by atoms with Gasteiger partial charge in [-0.1, -0.05) is 0 Å². The number of rotatable bonds is 2. The van der Waals surface area contributed by atoms with Crippen LogP contribution in [0.2, 0.25) is 0 Å². The van der Waals surface area contributed by atoms with Crippen molar-refractivity contribution in [2.24, 2.45) is 10.8 Å². The Bertz CT molecular complexity index is 562. The van der Waals surface area contributed by atoms with Crippen LogP contribution in [0.5, 0.6) is 0 Å². The molecule has 0 fully saturated rings. The van der Waals surface area contributed by atoms with E-state index in [-0.39, 0.29) is 10.9 Å². The second kappa shape index (κ2) is 4.54. The van der Waals surface area contributed by atoms with Crippen molar-refractivity contribution in [1.29, 1.82) is 0 Å². The van der Waals surface area contributed by atoms with Crippen LogP contribution in [0.3, 0.4) is 0 Å². The fourth-order valence-electron chi connectivity index (χ4n) is 1.29. The van der Waals surface area contributed by atoms with E-state index < -0.39 is 0 Å². The number of thiophene rings is 1. The Morgan fingerprint density at radius 2 is 2.38 bits per heavy atom. The highest BCUT2D eigenvalue weighted by Gasteiger charge is 2.03. The Balaban J connectivity index is 2.31. The van der Waals surface area contributed by atoms with Gasteiger partial charge in [0.1, 0.15) is 5.82 Å². The minimum absolute atomic E-state index is 0.0777. The smallest absolute Gasteiger partial charge is 0.184 e. The number of hydrogen-bond donors (Lipinski definition) is 2. The van der Waals surface area contributed by atoms with Crippen LogP contribution in [-0.2, 0) is 0 Å². The second-order valence-electron chi connectivity index (χ2n) is 3.07. The fraction of sp³-hybridized carbons (Fsp3) is 0. The molecule has 0 bridgehead atoms. The van der Waals surface area contributed by atoms with E-state index in [1.165, 1.54) is 23.6 Å². The first-order valence-corrected chi connectivity index (χ1v) is 5.71. The van der Waals surface area contributed by atoms with Gasteiger partial charge in [-0.05, 0) is 41.4 Å². The van der Waals surface area contributed by atoms with E-state index in [2.05, 4.69) is 22.7 Å². The zero-order valence-corrected chi connectivity index (χ0v) is 9.74. The summed E-state index contributed by atoms with van der Waals surface area (Å²) in [6.45, 7) is 0. The normalized spacial score (nSPS) is 11.1. The molecule has 0 spiro atoms. The van der Waals surface area contributed by atoms with E-state index in [9.17, 15) is 4.39 Å². The number of thiocarbonyl (C=S) groups is 1.